The number of hydrogen-bond acceptors (Lipinski definition) is 6. The fourth-order valence-electron chi connectivity index (χ4n) is 3.83. The highest BCUT2D eigenvalue weighted by Gasteiger charge is 2.07. The molecule has 0 aliphatic heterocycles. The van der Waals surface area contributed by atoms with Gasteiger partial charge in [0, 0.05) is 51.7 Å². The van der Waals surface area contributed by atoms with E-state index in [4.69, 9.17) is 22.1 Å². The first-order chi connectivity index (χ1) is 16.6. The molecule has 0 saturated heterocycles. The first-order valence-electron chi connectivity index (χ1n) is 10.1. The van der Waals surface area contributed by atoms with E-state index in [2.05, 4.69) is 26.0 Å². The van der Waals surface area contributed by atoms with E-state index in [1.807, 2.05) is 24.3 Å². The number of aromatic nitrogens is 4. The molecule has 0 atom stereocenters. The molecule has 34 heavy (non-hydrogen) atoms. The number of pyridine rings is 4. The summed E-state index contributed by atoms with van der Waals surface area (Å²) in [5.74, 6) is 0. The van der Waals surface area contributed by atoms with Crippen molar-refractivity contribution in [1.29, 1.82) is 10.5 Å². The van der Waals surface area contributed by atoms with Crippen molar-refractivity contribution in [3.63, 3.8) is 0 Å². The van der Waals surface area contributed by atoms with Crippen LogP contribution in [-0.4, -0.2) is 19.9 Å². The lowest BCUT2D eigenvalue weighted by molar-refractivity contribution is 1.31. The number of nitrogens with one attached hydrogen (secondary N) is 1. The van der Waals surface area contributed by atoms with E-state index in [-0.39, 0.29) is 5.56 Å². The maximum atomic E-state index is 11.8. The van der Waals surface area contributed by atoms with E-state index in [0.717, 1.165) is 32.4 Å². The molecule has 0 aliphatic rings. The van der Waals surface area contributed by atoms with Crippen LogP contribution in [0.4, 0.5) is 0 Å². The molecule has 0 radical (unpaired) electrons. The average molecular weight is 461 g/mol. The van der Waals surface area contributed by atoms with E-state index < -0.39 is 0 Å². The van der Waals surface area contributed by atoms with Gasteiger partial charge < -0.3 is 4.98 Å². The fraction of sp³-hybridized carbons (Fsp3) is 0. The molecule has 4 aromatic heterocycles. The summed E-state index contributed by atoms with van der Waals surface area (Å²) in [6.45, 7) is 0. The first kappa shape index (κ1) is 21.0. The molecule has 0 bridgehead atoms. The third kappa shape index (κ3) is 3.67. The Hall–Kier alpha value is -4.85. The minimum Gasteiger partial charge on any atom is -0.321 e. The summed E-state index contributed by atoms with van der Waals surface area (Å²) in [5.41, 5.74) is 2.31. The molecule has 2 aromatic carbocycles. The van der Waals surface area contributed by atoms with E-state index in [9.17, 15) is 4.79 Å². The van der Waals surface area contributed by atoms with Crippen molar-refractivity contribution in [2.24, 2.45) is 0 Å². The standard InChI is InChI=1S/C13H6ClN3.C13H7N3O/c14-13-10-3-4-16-7-11(10)9-2-1-8(6-15)5-12(9)17-13;14-6-8-1-2-9-11-7-15-4-3-10(11)13(17)16-12(9)5-8/h1-5,7H;1-5,7H,(H,16,17). The highest BCUT2D eigenvalue weighted by Crippen LogP contribution is 2.28. The number of hydrogen-bond donors (Lipinski definition) is 1. The van der Waals surface area contributed by atoms with Crippen LogP contribution in [0.2, 0.25) is 5.15 Å². The van der Waals surface area contributed by atoms with Gasteiger partial charge in [-0.1, -0.05) is 23.7 Å². The van der Waals surface area contributed by atoms with E-state index in [1.54, 1.807) is 55.1 Å². The van der Waals surface area contributed by atoms with Gasteiger partial charge in [0.1, 0.15) is 5.15 Å². The second-order valence-corrected chi connectivity index (χ2v) is 7.77. The molecule has 1 N–H and O–H groups in total. The molecule has 6 aromatic rings. The van der Waals surface area contributed by atoms with Crippen molar-refractivity contribution in [3.8, 4) is 12.1 Å². The first-order valence-corrected chi connectivity index (χ1v) is 10.5. The van der Waals surface area contributed by atoms with Crippen molar-refractivity contribution in [1.82, 2.24) is 19.9 Å². The van der Waals surface area contributed by atoms with Crippen molar-refractivity contribution in [2.45, 2.75) is 0 Å². The number of nitrogens with zero attached hydrogens (tertiary/aromatic N) is 5. The Morgan fingerprint density at radius 2 is 1.35 bits per heavy atom. The quantitative estimate of drug-likeness (QED) is 0.244. The average Bonchev–Trinajstić information content (AvgIpc) is 2.89. The molecule has 0 unspecified atom stereocenters. The van der Waals surface area contributed by atoms with Gasteiger partial charge in [-0.15, -0.1) is 0 Å². The molecule has 0 fully saturated rings. The molecule has 160 valence electrons. The van der Waals surface area contributed by atoms with Crippen molar-refractivity contribution in [3.05, 3.63) is 100.0 Å². The summed E-state index contributed by atoms with van der Waals surface area (Å²) in [4.78, 5) is 27.0. The number of halogens is 1. The second-order valence-electron chi connectivity index (χ2n) is 7.42. The summed E-state index contributed by atoms with van der Waals surface area (Å²) >= 11 is 6.11. The summed E-state index contributed by atoms with van der Waals surface area (Å²) < 4.78 is 0. The van der Waals surface area contributed by atoms with Crippen LogP contribution in [0.5, 0.6) is 0 Å². The van der Waals surface area contributed by atoms with Crippen LogP contribution in [0.3, 0.4) is 0 Å². The molecule has 8 heteroatoms. The van der Waals surface area contributed by atoms with Gasteiger partial charge in [0.05, 0.1) is 39.7 Å². The maximum Gasteiger partial charge on any atom is 0.256 e. The number of nitriles is 2. The number of benzene rings is 2. The van der Waals surface area contributed by atoms with Crippen LogP contribution in [0, 0.1) is 22.7 Å². The number of aromatic amines is 1. The Morgan fingerprint density at radius 3 is 2.06 bits per heavy atom. The molecular weight excluding hydrogens is 448 g/mol. The summed E-state index contributed by atoms with van der Waals surface area (Å²) in [7, 11) is 0. The van der Waals surface area contributed by atoms with Crippen LogP contribution in [0.15, 0.2) is 78.1 Å². The normalized spacial score (nSPS) is 10.6. The predicted octanol–water partition coefficient (Wildman–Crippen LogP) is 5.26. The molecule has 4 heterocycles. The Kier molecular flexibility index (Phi) is 5.31. The van der Waals surface area contributed by atoms with Gasteiger partial charge in [-0.25, -0.2) is 4.98 Å². The molecule has 0 spiro atoms. The van der Waals surface area contributed by atoms with Gasteiger partial charge in [0.2, 0.25) is 0 Å². The van der Waals surface area contributed by atoms with Crippen LogP contribution in [0.25, 0.3) is 43.4 Å². The minimum absolute atomic E-state index is 0.162. The zero-order valence-electron chi connectivity index (χ0n) is 17.5. The third-order valence-electron chi connectivity index (χ3n) is 5.43. The number of H-pyrrole nitrogens is 1. The van der Waals surface area contributed by atoms with Gasteiger partial charge in [0.15, 0.2) is 0 Å². The molecule has 0 aliphatic carbocycles. The highest BCUT2D eigenvalue weighted by atomic mass is 35.5. The van der Waals surface area contributed by atoms with Crippen molar-refractivity contribution < 1.29 is 0 Å². The molecule has 0 saturated carbocycles. The van der Waals surface area contributed by atoms with Gasteiger partial charge in [-0.2, -0.15) is 10.5 Å². The Labute approximate surface area is 197 Å². The maximum absolute atomic E-state index is 11.8. The largest absolute Gasteiger partial charge is 0.321 e. The fourth-order valence-corrected chi connectivity index (χ4v) is 4.08. The van der Waals surface area contributed by atoms with Gasteiger partial charge in [0.25, 0.3) is 5.56 Å². The zero-order chi connectivity index (χ0) is 23.7. The SMILES string of the molecule is N#Cc1ccc2c(c1)[nH]c(=O)c1ccncc12.N#Cc1ccc2c(c1)nc(Cl)c1ccncc12. The van der Waals surface area contributed by atoms with Crippen LogP contribution >= 0.6 is 11.6 Å². The Bertz CT molecular complexity index is 1880. The van der Waals surface area contributed by atoms with Gasteiger partial charge in [-0.05, 0) is 36.4 Å². The second kappa shape index (κ2) is 8.59. The number of fused-ring (bicyclic) bond motifs is 6. The molecule has 6 rings (SSSR count). The summed E-state index contributed by atoms with van der Waals surface area (Å²) in [6, 6.07) is 18.3. The Balaban J connectivity index is 0.000000142. The topological polar surface area (TPSA) is 119 Å². The van der Waals surface area contributed by atoms with Crippen LogP contribution < -0.4 is 5.56 Å². The van der Waals surface area contributed by atoms with E-state index in [0.29, 0.717) is 27.2 Å². The predicted molar refractivity (Wildman–Crippen MR) is 131 cm³/mol. The highest BCUT2D eigenvalue weighted by molar-refractivity contribution is 6.35. The molecule has 0 amide bonds. The van der Waals surface area contributed by atoms with Gasteiger partial charge >= 0.3 is 0 Å². The van der Waals surface area contributed by atoms with Crippen molar-refractivity contribution >= 4 is 55.0 Å². The number of rotatable bonds is 0. The minimum atomic E-state index is -0.162. The molecule has 7 nitrogen and oxygen atoms in total. The van der Waals surface area contributed by atoms with Gasteiger partial charge in [-0.3, -0.25) is 14.8 Å². The van der Waals surface area contributed by atoms with E-state index in [1.165, 1.54) is 0 Å². The summed E-state index contributed by atoms with van der Waals surface area (Å²) in [5, 5.41) is 23.2. The molecular formula is C26H13ClN6O. The Morgan fingerprint density at radius 1 is 0.735 bits per heavy atom. The zero-order valence-corrected chi connectivity index (χ0v) is 18.2. The lowest BCUT2D eigenvalue weighted by Gasteiger charge is -2.04. The summed E-state index contributed by atoms with van der Waals surface area (Å²) in [6.07, 6.45) is 6.70. The van der Waals surface area contributed by atoms with Crippen LogP contribution in [-0.2, 0) is 0 Å². The lowest BCUT2D eigenvalue weighted by Crippen LogP contribution is -2.06. The van der Waals surface area contributed by atoms with Crippen molar-refractivity contribution in [2.75, 3.05) is 0 Å². The van der Waals surface area contributed by atoms with Crippen LogP contribution in [0.1, 0.15) is 11.1 Å². The lowest BCUT2D eigenvalue weighted by atomic mass is 10.1. The van der Waals surface area contributed by atoms with E-state index >= 15 is 0 Å². The monoisotopic (exact) mass is 460 g/mol. The smallest absolute Gasteiger partial charge is 0.256 e. The third-order valence-corrected chi connectivity index (χ3v) is 5.72.